The monoisotopic (exact) mass is 311 g/mol. The van der Waals surface area contributed by atoms with E-state index in [1.165, 1.54) is 6.07 Å². The second-order valence-corrected chi connectivity index (χ2v) is 4.90. The molecule has 0 N–H and O–H groups in total. The Balaban J connectivity index is 2.39. The SMILES string of the molecule is CCC(CBr)Cn1ncc2ccc([N+](=O)[O-])cc21. The Morgan fingerprint density at radius 2 is 2.33 bits per heavy atom. The van der Waals surface area contributed by atoms with Crippen LogP contribution in [0.1, 0.15) is 13.3 Å². The zero-order valence-electron chi connectivity index (χ0n) is 10.0. The second kappa shape index (κ2) is 5.48. The molecule has 18 heavy (non-hydrogen) atoms. The number of hydrogen-bond acceptors (Lipinski definition) is 3. The molecule has 96 valence electrons. The molecule has 0 fully saturated rings. The normalized spacial score (nSPS) is 12.8. The van der Waals surface area contributed by atoms with Gasteiger partial charge in [-0.3, -0.25) is 14.8 Å². The van der Waals surface area contributed by atoms with Crippen LogP contribution in [-0.4, -0.2) is 20.0 Å². The van der Waals surface area contributed by atoms with Crippen LogP contribution in [0.5, 0.6) is 0 Å². The van der Waals surface area contributed by atoms with Crippen molar-refractivity contribution >= 4 is 32.5 Å². The molecule has 0 amide bonds. The molecule has 0 bridgehead atoms. The van der Waals surface area contributed by atoms with Crippen LogP contribution >= 0.6 is 15.9 Å². The van der Waals surface area contributed by atoms with Crippen molar-refractivity contribution in [2.45, 2.75) is 19.9 Å². The van der Waals surface area contributed by atoms with Crippen molar-refractivity contribution in [3.05, 3.63) is 34.5 Å². The van der Waals surface area contributed by atoms with Crippen molar-refractivity contribution in [1.82, 2.24) is 9.78 Å². The van der Waals surface area contributed by atoms with E-state index in [-0.39, 0.29) is 10.6 Å². The lowest BCUT2D eigenvalue weighted by Gasteiger charge is -2.11. The van der Waals surface area contributed by atoms with E-state index >= 15 is 0 Å². The van der Waals surface area contributed by atoms with Crippen LogP contribution in [0.15, 0.2) is 24.4 Å². The molecule has 5 nitrogen and oxygen atoms in total. The number of non-ortho nitro benzene ring substituents is 1. The van der Waals surface area contributed by atoms with Gasteiger partial charge in [-0.05, 0) is 12.0 Å². The third-order valence-electron chi connectivity index (χ3n) is 3.07. The van der Waals surface area contributed by atoms with Crippen LogP contribution in [0, 0.1) is 16.0 Å². The number of aromatic nitrogens is 2. The largest absolute Gasteiger partial charge is 0.271 e. The molecule has 6 heteroatoms. The third-order valence-corrected chi connectivity index (χ3v) is 3.98. The van der Waals surface area contributed by atoms with Crippen molar-refractivity contribution in [2.75, 3.05) is 5.33 Å². The Morgan fingerprint density at radius 1 is 1.56 bits per heavy atom. The van der Waals surface area contributed by atoms with E-state index in [1.807, 2.05) is 4.68 Å². The molecule has 0 aliphatic rings. The zero-order chi connectivity index (χ0) is 13.1. The molecule has 0 spiro atoms. The van der Waals surface area contributed by atoms with E-state index in [2.05, 4.69) is 28.0 Å². The number of alkyl halides is 1. The average molecular weight is 312 g/mol. The first kappa shape index (κ1) is 13.0. The second-order valence-electron chi connectivity index (χ2n) is 4.26. The van der Waals surface area contributed by atoms with Gasteiger partial charge in [-0.2, -0.15) is 5.10 Å². The van der Waals surface area contributed by atoms with Gasteiger partial charge in [0.25, 0.3) is 5.69 Å². The van der Waals surface area contributed by atoms with Crippen LogP contribution in [0.25, 0.3) is 10.9 Å². The summed E-state index contributed by atoms with van der Waals surface area (Å²) < 4.78 is 1.84. The lowest BCUT2D eigenvalue weighted by Crippen LogP contribution is -2.12. The topological polar surface area (TPSA) is 61.0 Å². The fourth-order valence-corrected chi connectivity index (χ4v) is 2.51. The van der Waals surface area contributed by atoms with Crippen molar-refractivity contribution < 1.29 is 4.92 Å². The molecule has 1 aromatic heterocycles. The van der Waals surface area contributed by atoms with Crippen molar-refractivity contribution in [3.63, 3.8) is 0 Å². The Hall–Kier alpha value is -1.43. The average Bonchev–Trinajstić information content (AvgIpc) is 2.78. The first-order chi connectivity index (χ1) is 8.65. The molecule has 0 radical (unpaired) electrons. The Kier molecular flexibility index (Phi) is 3.96. The predicted molar refractivity (Wildman–Crippen MR) is 74.0 cm³/mol. The van der Waals surface area contributed by atoms with Crippen LogP contribution in [0.3, 0.4) is 0 Å². The number of hydrogen-bond donors (Lipinski definition) is 0. The molecule has 1 aromatic carbocycles. The van der Waals surface area contributed by atoms with Gasteiger partial charge >= 0.3 is 0 Å². The van der Waals surface area contributed by atoms with Crippen LogP contribution in [-0.2, 0) is 6.54 Å². The molecule has 1 heterocycles. The zero-order valence-corrected chi connectivity index (χ0v) is 11.6. The van der Waals surface area contributed by atoms with Gasteiger partial charge in [0, 0.05) is 29.4 Å². The van der Waals surface area contributed by atoms with Gasteiger partial charge in [-0.15, -0.1) is 0 Å². The summed E-state index contributed by atoms with van der Waals surface area (Å²) >= 11 is 3.47. The number of benzene rings is 1. The van der Waals surface area contributed by atoms with E-state index < -0.39 is 0 Å². The highest BCUT2D eigenvalue weighted by molar-refractivity contribution is 9.09. The lowest BCUT2D eigenvalue weighted by atomic mass is 10.1. The maximum absolute atomic E-state index is 10.8. The maximum Gasteiger partial charge on any atom is 0.271 e. The van der Waals surface area contributed by atoms with Gasteiger partial charge in [0.15, 0.2) is 0 Å². The molecule has 0 saturated carbocycles. The van der Waals surface area contributed by atoms with E-state index in [4.69, 9.17) is 0 Å². The van der Waals surface area contributed by atoms with E-state index in [0.717, 1.165) is 29.2 Å². The Morgan fingerprint density at radius 3 is 2.94 bits per heavy atom. The van der Waals surface area contributed by atoms with Gasteiger partial charge in [-0.25, -0.2) is 0 Å². The number of nitro benzene ring substituents is 1. The highest BCUT2D eigenvalue weighted by atomic mass is 79.9. The van der Waals surface area contributed by atoms with E-state index in [9.17, 15) is 10.1 Å². The number of nitro groups is 1. The van der Waals surface area contributed by atoms with Gasteiger partial charge in [0.05, 0.1) is 16.6 Å². The molecule has 0 saturated heterocycles. The molecule has 2 aromatic rings. The molecule has 2 rings (SSSR count). The summed E-state index contributed by atoms with van der Waals surface area (Å²) in [6.45, 7) is 2.90. The number of rotatable bonds is 5. The van der Waals surface area contributed by atoms with Crippen LogP contribution in [0.4, 0.5) is 5.69 Å². The Labute approximate surface area is 113 Å². The summed E-state index contributed by atoms with van der Waals surface area (Å²) in [6, 6.07) is 4.84. The Bertz CT molecular complexity index is 563. The minimum Gasteiger partial charge on any atom is -0.264 e. The number of halogens is 1. The van der Waals surface area contributed by atoms with Gasteiger partial charge < -0.3 is 0 Å². The summed E-state index contributed by atoms with van der Waals surface area (Å²) in [4.78, 5) is 10.4. The highest BCUT2D eigenvalue weighted by Gasteiger charge is 2.12. The third kappa shape index (κ3) is 2.53. The van der Waals surface area contributed by atoms with Crippen LogP contribution in [0.2, 0.25) is 0 Å². The summed E-state index contributed by atoms with van der Waals surface area (Å²) in [6.07, 6.45) is 2.79. The molecule has 1 atom stereocenters. The summed E-state index contributed by atoms with van der Waals surface area (Å²) in [7, 11) is 0. The van der Waals surface area contributed by atoms with Crippen LogP contribution < -0.4 is 0 Å². The quantitative estimate of drug-likeness (QED) is 0.483. The van der Waals surface area contributed by atoms with Gasteiger partial charge in [-0.1, -0.05) is 29.3 Å². The van der Waals surface area contributed by atoms with Crippen molar-refractivity contribution in [2.24, 2.45) is 5.92 Å². The number of nitrogens with zero attached hydrogens (tertiary/aromatic N) is 3. The van der Waals surface area contributed by atoms with Crippen molar-refractivity contribution in [3.8, 4) is 0 Å². The minimum absolute atomic E-state index is 0.108. The standard InChI is InChI=1S/C12H14BrN3O2/c1-2-9(6-13)8-15-12-5-11(16(17)18)4-3-10(12)7-14-15/h3-5,7,9H,2,6,8H2,1H3. The number of fused-ring (bicyclic) bond motifs is 1. The maximum atomic E-state index is 10.8. The summed E-state index contributed by atoms with van der Waals surface area (Å²) in [5.41, 5.74) is 0.930. The van der Waals surface area contributed by atoms with Crippen molar-refractivity contribution in [1.29, 1.82) is 0 Å². The smallest absolute Gasteiger partial charge is 0.264 e. The molecule has 0 aliphatic carbocycles. The predicted octanol–water partition coefficient (Wildman–Crippen LogP) is 3.37. The van der Waals surface area contributed by atoms with E-state index in [1.54, 1.807) is 18.3 Å². The molecule has 0 aliphatic heterocycles. The highest BCUT2D eigenvalue weighted by Crippen LogP contribution is 2.22. The molecular formula is C12H14BrN3O2. The summed E-state index contributed by atoms with van der Waals surface area (Å²) in [5.74, 6) is 0.479. The van der Waals surface area contributed by atoms with Gasteiger partial charge in [0.2, 0.25) is 0 Å². The summed E-state index contributed by atoms with van der Waals surface area (Å²) in [5, 5.41) is 16.9. The first-order valence-corrected chi connectivity index (χ1v) is 6.93. The fourth-order valence-electron chi connectivity index (χ4n) is 1.85. The molecule has 1 unspecified atom stereocenters. The molecular weight excluding hydrogens is 298 g/mol. The minimum atomic E-state index is -0.376. The first-order valence-electron chi connectivity index (χ1n) is 5.81. The van der Waals surface area contributed by atoms with E-state index in [0.29, 0.717) is 5.92 Å². The lowest BCUT2D eigenvalue weighted by molar-refractivity contribution is -0.384. The fraction of sp³-hybridized carbons (Fsp3) is 0.417. The van der Waals surface area contributed by atoms with Gasteiger partial charge in [0.1, 0.15) is 0 Å².